The molecule has 1 aromatic heterocycles. The summed E-state index contributed by atoms with van der Waals surface area (Å²) in [7, 11) is 0. The average molecular weight is 529 g/mol. The number of carboxylic acids is 1. The fraction of sp³-hybridized carbons (Fsp3) is 0.500. The van der Waals surface area contributed by atoms with Gasteiger partial charge < -0.3 is 20.0 Å². The van der Waals surface area contributed by atoms with Gasteiger partial charge in [-0.3, -0.25) is 14.5 Å². The number of fused-ring (bicyclic) bond motifs is 1. The minimum atomic E-state index is -1.17. The normalized spacial score (nSPS) is 20.4. The van der Waals surface area contributed by atoms with Crippen molar-refractivity contribution in [3.05, 3.63) is 27.9 Å². The number of esters is 1. The van der Waals surface area contributed by atoms with Crippen molar-refractivity contribution in [3.63, 3.8) is 0 Å². The summed E-state index contributed by atoms with van der Waals surface area (Å²) in [5.41, 5.74) is 1.43. The van der Waals surface area contributed by atoms with E-state index in [-0.39, 0.29) is 17.1 Å². The third kappa shape index (κ3) is 5.91. The fourth-order valence-corrected chi connectivity index (χ4v) is 5.83. The maximum Gasteiger partial charge on any atom is 0.352 e. The smallest absolute Gasteiger partial charge is 0.352 e. The highest BCUT2D eigenvalue weighted by atomic mass is 32.2. The van der Waals surface area contributed by atoms with Crippen LogP contribution in [-0.2, 0) is 28.8 Å². The Kier molecular flexibility index (Phi) is 8.25. The molecule has 11 nitrogen and oxygen atoms in total. The van der Waals surface area contributed by atoms with Gasteiger partial charge in [0.05, 0.1) is 5.51 Å². The summed E-state index contributed by atoms with van der Waals surface area (Å²) in [6.07, 6.45) is 1.86. The van der Waals surface area contributed by atoms with Gasteiger partial charge in [-0.25, -0.2) is 14.6 Å². The molecule has 1 unspecified atom stereocenters. The van der Waals surface area contributed by atoms with Gasteiger partial charge in [0.2, 0.25) is 6.61 Å². The minimum absolute atomic E-state index is 0.0253. The summed E-state index contributed by atoms with van der Waals surface area (Å²) in [5, 5.41) is 17.0. The number of rotatable bonds is 9. The highest BCUT2D eigenvalue weighted by Gasteiger charge is 2.54. The predicted molar refractivity (Wildman–Crippen MR) is 129 cm³/mol. The van der Waals surface area contributed by atoms with Crippen molar-refractivity contribution in [1.29, 1.82) is 0 Å². The van der Waals surface area contributed by atoms with Crippen molar-refractivity contribution in [2.24, 2.45) is 5.16 Å². The zero-order chi connectivity index (χ0) is 25.0. The Morgan fingerprint density at radius 2 is 2.12 bits per heavy atom. The molecule has 0 bridgehead atoms. The summed E-state index contributed by atoms with van der Waals surface area (Å²) in [6.45, 7) is 4.61. The molecule has 0 saturated carbocycles. The van der Waals surface area contributed by atoms with E-state index >= 15 is 0 Å². The number of oxime groups is 1. The quantitative estimate of drug-likeness (QED) is 0.208. The van der Waals surface area contributed by atoms with E-state index in [1.54, 1.807) is 26.2 Å². The van der Waals surface area contributed by atoms with Crippen LogP contribution in [0.3, 0.4) is 0 Å². The number of nitrogens with zero attached hydrogens (tertiary/aromatic N) is 3. The summed E-state index contributed by atoms with van der Waals surface area (Å²) < 4.78 is 5.14. The van der Waals surface area contributed by atoms with Gasteiger partial charge >= 0.3 is 11.9 Å². The molecule has 1 saturated heterocycles. The molecule has 2 N–H and O–H groups in total. The number of hydrogen-bond acceptors (Lipinski definition) is 11. The maximum atomic E-state index is 13.0. The zero-order valence-electron chi connectivity index (χ0n) is 18.9. The Morgan fingerprint density at radius 1 is 1.38 bits per heavy atom. The first-order chi connectivity index (χ1) is 16.0. The molecule has 34 heavy (non-hydrogen) atoms. The summed E-state index contributed by atoms with van der Waals surface area (Å²) in [5.74, 6) is -2.15. The van der Waals surface area contributed by atoms with Crippen LogP contribution in [0.25, 0.3) is 0 Å². The van der Waals surface area contributed by atoms with Gasteiger partial charge in [0, 0.05) is 16.9 Å². The molecule has 0 spiro atoms. The molecule has 1 aromatic rings. The molecule has 0 aliphatic carbocycles. The van der Waals surface area contributed by atoms with E-state index < -0.39 is 47.4 Å². The van der Waals surface area contributed by atoms with Crippen molar-refractivity contribution in [3.8, 4) is 0 Å². The number of ether oxygens (including phenoxy) is 1. The van der Waals surface area contributed by atoms with Crippen molar-refractivity contribution < 1.29 is 33.9 Å². The number of thioether (sulfide) groups is 2. The van der Waals surface area contributed by atoms with Gasteiger partial charge in [0.15, 0.2) is 5.71 Å². The van der Waals surface area contributed by atoms with Crippen LogP contribution in [0.2, 0.25) is 0 Å². The predicted octanol–water partition coefficient (Wildman–Crippen LogP) is 1.31. The molecule has 2 amide bonds. The van der Waals surface area contributed by atoms with Crippen molar-refractivity contribution in [2.75, 3.05) is 24.4 Å². The number of hydrogen-bond donors (Lipinski definition) is 2. The summed E-state index contributed by atoms with van der Waals surface area (Å²) >= 11 is 4.08. The first kappa shape index (κ1) is 26.0. The van der Waals surface area contributed by atoms with Crippen molar-refractivity contribution >= 4 is 64.3 Å². The lowest BCUT2D eigenvalue weighted by atomic mass is 10.0. The number of nitrogens with one attached hydrogen (secondary N) is 1. The van der Waals surface area contributed by atoms with Crippen molar-refractivity contribution in [2.45, 2.75) is 37.8 Å². The van der Waals surface area contributed by atoms with E-state index in [4.69, 9.17) is 9.57 Å². The molecule has 2 atom stereocenters. The number of carbonyl (C=O) groups is 4. The van der Waals surface area contributed by atoms with Crippen LogP contribution in [-0.4, -0.2) is 85.8 Å². The Balaban J connectivity index is 1.72. The molecule has 0 aromatic carbocycles. The second-order valence-electron chi connectivity index (χ2n) is 8.22. The number of carbonyl (C=O) groups excluding carboxylic acids is 3. The van der Waals surface area contributed by atoms with E-state index in [0.717, 1.165) is 0 Å². The topological polar surface area (TPSA) is 147 Å². The largest absolute Gasteiger partial charge is 0.477 e. The number of aliphatic carboxylic acids is 1. The van der Waals surface area contributed by atoms with E-state index in [2.05, 4.69) is 15.5 Å². The van der Waals surface area contributed by atoms with Crippen LogP contribution in [0, 0.1) is 0 Å². The molecule has 3 heterocycles. The van der Waals surface area contributed by atoms with E-state index in [9.17, 15) is 24.3 Å². The molecular weight excluding hydrogens is 504 g/mol. The number of aromatic nitrogens is 1. The Hall–Kier alpha value is -2.58. The van der Waals surface area contributed by atoms with Crippen LogP contribution in [0.5, 0.6) is 0 Å². The molecule has 3 rings (SSSR count). The van der Waals surface area contributed by atoms with Gasteiger partial charge in [-0.05, 0) is 32.6 Å². The highest BCUT2D eigenvalue weighted by Crippen LogP contribution is 2.40. The molecule has 1 fully saturated rings. The SMILES string of the molecule is CSCC1=C(C(=O)O)N2C(=O)C(NC(=O)/C(=N\OCC(=O)OC(C)(C)C)c3cscn3)[C@H]2SC1. The standard InChI is InChI=1S/C20H24N4O7S3/c1-20(2,3)31-12(25)5-30-23-13(11-8-33-9-21-11)16(26)22-14-17(27)24-15(19(28)29)10(6-32-4)7-34-18(14)24/h8-9,14,18H,5-7H2,1-4H3,(H,22,26)(H,28,29)/b23-13-/t14?,18-/m1/s1. The van der Waals surface area contributed by atoms with Crippen LogP contribution >= 0.6 is 34.9 Å². The first-order valence-corrected chi connectivity index (χ1v) is 13.4. The van der Waals surface area contributed by atoms with Gasteiger partial charge in [-0.1, -0.05) is 5.16 Å². The fourth-order valence-electron chi connectivity index (χ4n) is 3.23. The Bertz CT molecular complexity index is 1030. The summed E-state index contributed by atoms with van der Waals surface area (Å²) in [4.78, 5) is 59.7. The monoisotopic (exact) mass is 528 g/mol. The van der Waals surface area contributed by atoms with Crippen molar-refractivity contribution in [1.82, 2.24) is 15.2 Å². The first-order valence-electron chi connectivity index (χ1n) is 10.0. The minimum Gasteiger partial charge on any atom is -0.477 e. The second-order valence-corrected chi connectivity index (χ2v) is 10.9. The number of amides is 2. The zero-order valence-corrected chi connectivity index (χ0v) is 21.3. The molecule has 2 aliphatic rings. The molecular formula is C20H24N4O7S3. The third-order valence-corrected chi connectivity index (χ3v) is 7.07. The Morgan fingerprint density at radius 3 is 2.71 bits per heavy atom. The molecule has 0 radical (unpaired) electrons. The van der Waals surface area contributed by atoms with Crippen LogP contribution < -0.4 is 5.32 Å². The molecule has 184 valence electrons. The van der Waals surface area contributed by atoms with Gasteiger partial charge in [-0.2, -0.15) is 11.8 Å². The highest BCUT2D eigenvalue weighted by molar-refractivity contribution is 8.00. The van der Waals surface area contributed by atoms with E-state index in [1.807, 2.05) is 6.26 Å². The van der Waals surface area contributed by atoms with E-state index in [0.29, 0.717) is 17.1 Å². The van der Waals surface area contributed by atoms with Gasteiger partial charge in [0.25, 0.3) is 11.8 Å². The Labute approximate surface area is 208 Å². The number of β-lactam (4-membered cyclic amide) rings is 1. The molecule has 14 heteroatoms. The summed E-state index contributed by atoms with van der Waals surface area (Å²) in [6, 6.07) is -0.933. The lowest BCUT2D eigenvalue weighted by Gasteiger charge is -2.49. The van der Waals surface area contributed by atoms with Gasteiger partial charge in [0.1, 0.15) is 28.4 Å². The maximum absolute atomic E-state index is 13.0. The average Bonchev–Trinajstić information content (AvgIpc) is 3.27. The van der Waals surface area contributed by atoms with Crippen LogP contribution in [0.1, 0.15) is 26.5 Å². The second kappa shape index (κ2) is 10.8. The van der Waals surface area contributed by atoms with Crippen LogP contribution in [0.15, 0.2) is 27.3 Å². The lowest BCUT2D eigenvalue weighted by Crippen LogP contribution is -2.71. The molecule has 2 aliphatic heterocycles. The van der Waals surface area contributed by atoms with E-state index in [1.165, 1.54) is 45.3 Å². The lowest BCUT2D eigenvalue weighted by molar-refractivity contribution is -0.160. The van der Waals surface area contributed by atoms with Gasteiger partial charge in [-0.15, -0.1) is 23.1 Å². The van der Waals surface area contributed by atoms with Crippen LogP contribution in [0.4, 0.5) is 0 Å². The number of carboxylic acid groups (broad SMARTS) is 1. The third-order valence-electron chi connectivity index (χ3n) is 4.50. The number of thiazole rings is 1.